The van der Waals surface area contributed by atoms with Gasteiger partial charge in [0, 0.05) is 7.11 Å². The summed E-state index contributed by atoms with van der Waals surface area (Å²) >= 11 is 0. The standard InChI is InChI=1S/C7H16O6/c1-6(7(8,9)10-2)12-4-5-13-11-3/h6,8-9H,4-5H2,1-3H3. The van der Waals surface area contributed by atoms with E-state index in [9.17, 15) is 0 Å². The average Bonchev–Trinajstić information content (AvgIpc) is 2.12. The largest absolute Gasteiger partial charge is 0.368 e. The molecule has 1 atom stereocenters. The predicted octanol–water partition coefficient (Wildman–Crippen LogP) is -0.746. The minimum absolute atomic E-state index is 0.182. The van der Waals surface area contributed by atoms with Gasteiger partial charge in [0.1, 0.15) is 12.7 Å². The third-order valence-corrected chi connectivity index (χ3v) is 1.48. The van der Waals surface area contributed by atoms with Gasteiger partial charge in [-0.3, -0.25) is 0 Å². The van der Waals surface area contributed by atoms with Gasteiger partial charge in [0.05, 0.1) is 13.7 Å². The zero-order valence-electron chi connectivity index (χ0n) is 8.02. The van der Waals surface area contributed by atoms with Crippen LogP contribution in [0.5, 0.6) is 0 Å². The molecule has 0 heterocycles. The second kappa shape index (κ2) is 6.25. The fourth-order valence-corrected chi connectivity index (χ4v) is 0.617. The summed E-state index contributed by atoms with van der Waals surface area (Å²) in [6.45, 7) is 1.86. The summed E-state index contributed by atoms with van der Waals surface area (Å²) in [4.78, 5) is 8.80. The molecule has 6 heteroatoms. The van der Waals surface area contributed by atoms with Crippen molar-refractivity contribution >= 4 is 0 Å². The molecule has 1 unspecified atom stereocenters. The maximum absolute atomic E-state index is 9.08. The van der Waals surface area contributed by atoms with E-state index in [0.717, 1.165) is 0 Å². The van der Waals surface area contributed by atoms with Crippen LogP contribution in [0.4, 0.5) is 0 Å². The number of hydrogen-bond acceptors (Lipinski definition) is 6. The van der Waals surface area contributed by atoms with Gasteiger partial charge in [-0.2, -0.15) is 0 Å². The zero-order chi connectivity index (χ0) is 10.3. The average molecular weight is 196 g/mol. The van der Waals surface area contributed by atoms with Crippen LogP contribution in [-0.4, -0.2) is 49.7 Å². The number of aliphatic hydroxyl groups is 2. The Kier molecular flexibility index (Phi) is 6.13. The van der Waals surface area contributed by atoms with Gasteiger partial charge >= 0.3 is 5.97 Å². The Morgan fingerprint density at radius 2 is 1.85 bits per heavy atom. The van der Waals surface area contributed by atoms with Crippen molar-refractivity contribution in [1.82, 2.24) is 0 Å². The SMILES string of the molecule is COOCCOC(C)C(O)(O)OC. The number of ether oxygens (including phenoxy) is 2. The van der Waals surface area contributed by atoms with Crippen molar-refractivity contribution in [3.8, 4) is 0 Å². The molecule has 0 aliphatic heterocycles. The molecular weight excluding hydrogens is 180 g/mol. The first-order valence-corrected chi connectivity index (χ1v) is 3.81. The molecule has 0 aromatic heterocycles. The normalized spacial score (nSPS) is 14.5. The van der Waals surface area contributed by atoms with E-state index in [-0.39, 0.29) is 13.2 Å². The lowest BCUT2D eigenvalue weighted by atomic mass is 10.3. The lowest BCUT2D eigenvalue weighted by molar-refractivity contribution is -0.372. The topological polar surface area (TPSA) is 77.4 Å². The van der Waals surface area contributed by atoms with E-state index in [2.05, 4.69) is 14.5 Å². The van der Waals surface area contributed by atoms with Gasteiger partial charge in [0.25, 0.3) is 0 Å². The van der Waals surface area contributed by atoms with Crippen molar-refractivity contribution in [2.45, 2.75) is 19.0 Å². The highest BCUT2D eigenvalue weighted by Gasteiger charge is 2.31. The number of hydrogen-bond donors (Lipinski definition) is 2. The highest BCUT2D eigenvalue weighted by Crippen LogP contribution is 2.10. The molecule has 0 rings (SSSR count). The minimum Gasteiger partial charge on any atom is -0.368 e. The molecule has 80 valence electrons. The molecule has 0 aliphatic rings. The first-order valence-electron chi connectivity index (χ1n) is 3.81. The van der Waals surface area contributed by atoms with E-state index in [0.29, 0.717) is 0 Å². The first kappa shape index (κ1) is 12.8. The molecule has 0 amide bonds. The van der Waals surface area contributed by atoms with Crippen LogP contribution in [0.1, 0.15) is 6.92 Å². The molecule has 0 spiro atoms. The Morgan fingerprint density at radius 3 is 2.31 bits per heavy atom. The first-order chi connectivity index (χ1) is 6.04. The van der Waals surface area contributed by atoms with E-state index >= 15 is 0 Å². The molecule has 0 saturated heterocycles. The highest BCUT2D eigenvalue weighted by molar-refractivity contribution is 4.60. The van der Waals surface area contributed by atoms with E-state index < -0.39 is 12.1 Å². The molecule has 2 N–H and O–H groups in total. The van der Waals surface area contributed by atoms with Crippen molar-refractivity contribution in [1.29, 1.82) is 0 Å². The summed E-state index contributed by atoms with van der Waals surface area (Å²) in [6.07, 6.45) is -0.863. The summed E-state index contributed by atoms with van der Waals surface area (Å²) in [5.41, 5.74) is 0. The molecule has 0 aromatic carbocycles. The zero-order valence-corrected chi connectivity index (χ0v) is 8.02. The molecule has 6 nitrogen and oxygen atoms in total. The van der Waals surface area contributed by atoms with Gasteiger partial charge in [0.15, 0.2) is 0 Å². The molecule has 0 aromatic rings. The van der Waals surface area contributed by atoms with Gasteiger partial charge in [-0.25, -0.2) is 9.78 Å². The van der Waals surface area contributed by atoms with Crippen LogP contribution in [0, 0.1) is 0 Å². The smallest absolute Gasteiger partial charge is 0.305 e. The third kappa shape index (κ3) is 5.14. The van der Waals surface area contributed by atoms with Gasteiger partial charge in [-0.15, -0.1) is 0 Å². The molecule has 0 fully saturated rings. The summed E-state index contributed by atoms with van der Waals surface area (Å²) in [6, 6.07) is 0. The highest BCUT2D eigenvalue weighted by atomic mass is 17.2. The summed E-state index contributed by atoms with van der Waals surface area (Å²) in [7, 11) is 2.55. The molecule has 0 aliphatic carbocycles. The quantitative estimate of drug-likeness (QED) is 0.241. The van der Waals surface area contributed by atoms with Crippen molar-refractivity contribution in [3.05, 3.63) is 0 Å². The number of methoxy groups -OCH3 is 1. The van der Waals surface area contributed by atoms with E-state index in [4.69, 9.17) is 14.9 Å². The van der Waals surface area contributed by atoms with Crippen molar-refractivity contribution in [2.75, 3.05) is 27.4 Å². The Morgan fingerprint density at radius 1 is 1.23 bits per heavy atom. The van der Waals surface area contributed by atoms with Crippen LogP contribution in [0.15, 0.2) is 0 Å². The van der Waals surface area contributed by atoms with E-state index in [1.807, 2.05) is 0 Å². The van der Waals surface area contributed by atoms with Crippen molar-refractivity contribution in [2.24, 2.45) is 0 Å². The van der Waals surface area contributed by atoms with Gasteiger partial charge < -0.3 is 19.7 Å². The van der Waals surface area contributed by atoms with Crippen LogP contribution in [0.2, 0.25) is 0 Å². The predicted molar refractivity (Wildman–Crippen MR) is 42.6 cm³/mol. The molecular formula is C7H16O6. The summed E-state index contributed by atoms with van der Waals surface area (Å²) < 4.78 is 9.34. The van der Waals surface area contributed by atoms with E-state index in [1.54, 1.807) is 0 Å². The second-order valence-corrected chi connectivity index (χ2v) is 2.36. The second-order valence-electron chi connectivity index (χ2n) is 2.36. The van der Waals surface area contributed by atoms with Gasteiger partial charge in [0.2, 0.25) is 0 Å². The maximum atomic E-state index is 9.08. The molecule has 0 bridgehead atoms. The Labute approximate surface area is 76.9 Å². The Bertz CT molecular complexity index is 126. The number of rotatable bonds is 7. The maximum Gasteiger partial charge on any atom is 0.305 e. The molecule has 13 heavy (non-hydrogen) atoms. The van der Waals surface area contributed by atoms with Crippen LogP contribution >= 0.6 is 0 Å². The van der Waals surface area contributed by atoms with Crippen LogP contribution < -0.4 is 0 Å². The fourth-order valence-electron chi connectivity index (χ4n) is 0.617. The van der Waals surface area contributed by atoms with Gasteiger partial charge in [-0.1, -0.05) is 0 Å². The minimum atomic E-state index is -2.27. The van der Waals surface area contributed by atoms with Crippen molar-refractivity contribution in [3.63, 3.8) is 0 Å². The van der Waals surface area contributed by atoms with Crippen LogP contribution in [-0.2, 0) is 19.2 Å². The van der Waals surface area contributed by atoms with Crippen molar-refractivity contribution < 1.29 is 29.5 Å². The van der Waals surface area contributed by atoms with E-state index in [1.165, 1.54) is 21.1 Å². The lowest BCUT2D eigenvalue weighted by Gasteiger charge is -2.26. The fraction of sp³-hybridized carbons (Fsp3) is 1.00. The lowest BCUT2D eigenvalue weighted by Crippen LogP contribution is -2.44. The summed E-state index contributed by atoms with van der Waals surface area (Å²) in [5, 5.41) is 18.2. The molecule has 0 saturated carbocycles. The van der Waals surface area contributed by atoms with Crippen LogP contribution in [0.25, 0.3) is 0 Å². The monoisotopic (exact) mass is 196 g/mol. The Hall–Kier alpha value is -0.240. The van der Waals surface area contributed by atoms with Crippen LogP contribution in [0.3, 0.4) is 0 Å². The Balaban J connectivity index is 3.55. The third-order valence-electron chi connectivity index (χ3n) is 1.48. The summed E-state index contributed by atoms with van der Waals surface area (Å²) in [5.74, 6) is -2.27. The van der Waals surface area contributed by atoms with Gasteiger partial charge in [-0.05, 0) is 6.92 Å². The molecule has 0 radical (unpaired) electrons.